The van der Waals surface area contributed by atoms with E-state index in [1.54, 1.807) is 7.11 Å². The van der Waals surface area contributed by atoms with Crippen LogP contribution in [0.2, 0.25) is 0 Å². The normalized spacial score (nSPS) is 28.2. The summed E-state index contributed by atoms with van der Waals surface area (Å²) in [5.41, 5.74) is -0.0835. The fourth-order valence-corrected chi connectivity index (χ4v) is 2.69. The Morgan fingerprint density at radius 2 is 2.19 bits per heavy atom. The van der Waals surface area contributed by atoms with Crippen LogP contribution in [0.25, 0.3) is 0 Å². The van der Waals surface area contributed by atoms with Gasteiger partial charge in [-0.05, 0) is 39.3 Å². The lowest BCUT2D eigenvalue weighted by atomic mass is 9.95. The summed E-state index contributed by atoms with van der Waals surface area (Å²) in [5, 5.41) is 4.96. The average molecular weight is 250 g/mol. The summed E-state index contributed by atoms with van der Waals surface area (Å²) in [4.78, 5) is 2.25. The van der Waals surface area contributed by atoms with Gasteiger partial charge in [0.2, 0.25) is 10.0 Å². The van der Waals surface area contributed by atoms with Gasteiger partial charge >= 0.3 is 0 Å². The van der Waals surface area contributed by atoms with Crippen molar-refractivity contribution in [3.63, 3.8) is 0 Å². The molecule has 1 saturated heterocycles. The maximum atomic E-state index is 10.8. The standard InChI is InChI=1S/C10H22N2O3S/c1-10(15-2)5-3-6-12(9-10)7-4-8-16(11,13)14/h3-9H2,1-2H3,(H2,11,13,14). The zero-order valence-corrected chi connectivity index (χ0v) is 10.9. The van der Waals surface area contributed by atoms with E-state index in [1.807, 2.05) is 0 Å². The summed E-state index contributed by atoms with van der Waals surface area (Å²) < 4.78 is 27.1. The minimum atomic E-state index is -3.32. The van der Waals surface area contributed by atoms with E-state index in [-0.39, 0.29) is 11.4 Å². The molecule has 16 heavy (non-hydrogen) atoms. The predicted octanol–water partition coefficient (Wildman–Crippen LogP) is 0.166. The number of rotatable bonds is 5. The van der Waals surface area contributed by atoms with Crippen LogP contribution in [0.4, 0.5) is 0 Å². The van der Waals surface area contributed by atoms with E-state index in [4.69, 9.17) is 9.88 Å². The maximum absolute atomic E-state index is 10.8. The van der Waals surface area contributed by atoms with Crippen LogP contribution in [0.1, 0.15) is 26.2 Å². The topological polar surface area (TPSA) is 72.6 Å². The van der Waals surface area contributed by atoms with Crippen molar-refractivity contribution in [3.8, 4) is 0 Å². The smallest absolute Gasteiger partial charge is 0.209 e. The highest BCUT2D eigenvalue weighted by molar-refractivity contribution is 7.89. The van der Waals surface area contributed by atoms with E-state index in [1.165, 1.54) is 0 Å². The number of likely N-dealkylation sites (tertiary alicyclic amines) is 1. The summed E-state index contributed by atoms with van der Waals surface area (Å²) in [6.45, 7) is 4.76. The zero-order chi connectivity index (χ0) is 12.2. The number of hydrogen-bond acceptors (Lipinski definition) is 4. The van der Waals surface area contributed by atoms with Gasteiger partial charge in [0.15, 0.2) is 0 Å². The lowest BCUT2D eigenvalue weighted by Gasteiger charge is -2.39. The second-order valence-electron chi connectivity index (χ2n) is 4.75. The van der Waals surface area contributed by atoms with Gasteiger partial charge < -0.3 is 9.64 Å². The molecule has 1 fully saturated rings. The number of nitrogens with two attached hydrogens (primary N) is 1. The minimum Gasteiger partial charge on any atom is -0.377 e. The zero-order valence-electron chi connectivity index (χ0n) is 10.1. The van der Waals surface area contributed by atoms with E-state index >= 15 is 0 Å². The van der Waals surface area contributed by atoms with Crippen molar-refractivity contribution in [2.45, 2.75) is 31.8 Å². The van der Waals surface area contributed by atoms with Crippen LogP contribution in [0.3, 0.4) is 0 Å². The number of sulfonamides is 1. The van der Waals surface area contributed by atoms with Crippen molar-refractivity contribution in [3.05, 3.63) is 0 Å². The van der Waals surface area contributed by atoms with E-state index in [9.17, 15) is 8.42 Å². The SMILES string of the molecule is COC1(C)CCCN(CCCS(N)(=O)=O)C1. The molecule has 1 atom stereocenters. The van der Waals surface area contributed by atoms with Crippen LogP contribution in [0, 0.1) is 0 Å². The summed E-state index contributed by atoms with van der Waals surface area (Å²) in [7, 11) is -1.59. The third kappa shape index (κ3) is 4.78. The molecule has 5 nitrogen and oxygen atoms in total. The summed E-state index contributed by atoms with van der Waals surface area (Å²) in [5.74, 6) is 0.0627. The van der Waals surface area contributed by atoms with Gasteiger partial charge in [0.25, 0.3) is 0 Å². The van der Waals surface area contributed by atoms with E-state index in [0.29, 0.717) is 6.42 Å². The van der Waals surface area contributed by atoms with Gasteiger partial charge in [-0.1, -0.05) is 0 Å². The Kier molecular flexibility index (Phi) is 4.73. The molecular weight excluding hydrogens is 228 g/mol. The Morgan fingerprint density at radius 3 is 2.75 bits per heavy atom. The van der Waals surface area contributed by atoms with E-state index in [0.717, 1.165) is 32.5 Å². The molecular formula is C10H22N2O3S. The average Bonchev–Trinajstić information content (AvgIpc) is 2.16. The van der Waals surface area contributed by atoms with E-state index in [2.05, 4.69) is 11.8 Å². The number of ether oxygens (including phenoxy) is 1. The molecule has 0 radical (unpaired) electrons. The van der Waals surface area contributed by atoms with Crippen LogP contribution in [-0.4, -0.2) is 51.4 Å². The predicted molar refractivity (Wildman–Crippen MR) is 63.7 cm³/mol. The largest absolute Gasteiger partial charge is 0.377 e. The van der Waals surface area contributed by atoms with Crippen molar-refractivity contribution in [2.75, 3.05) is 32.5 Å². The first-order valence-electron chi connectivity index (χ1n) is 5.63. The highest BCUT2D eigenvalue weighted by Gasteiger charge is 2.30. The molecule has 0 amide bonds. The van der Waals surface area contributed by atoms with Crippen LogP contribution in [-0.2, 0) is 14.8 Å². The highest BCUT2D eigenvalue weighted by atomic mass is 32.2. The van der Waals surface area contributed by atoms with Crippen LogP contribution < -0.4 is 5.14 Å². The molecule has 0 aromatic heterocycles. The fraction of sp³-hybridized carbons (Fsp3) is 1.00. The molecule has 0 saturated carbocycles. The Bertz CT molecular complexity index is 318. The van der Waals surface area contributed by atoms with Gasteiger partial charge in [-0.2, -0.15) is 0 Å². The first kappa shape index (κ1) is 13.9. The first-order chi connectivity index (χ1) is 7.35. The number of piperidine rings is 1. The first-order valence-corrected chi connectivity index (χ1v) is 7.34. The van der Waals surface area contributed by atoms with Gasteiger partial charge in [0.1, 0.15) is 0 Å². The van der Waals surface area contributed by atoms with Gasteiger partial charge in [-0.25, -0.2) is 13.6 Å². The Labute approximate surface area is 98.0 Å². The Hall–Kier alpha value is -0.170. The second-order valence-corrected chi connectivity index (χ2v) is 6.49. The fourth-order valence-electron chi connectivity index (χ4n) is 2.15. The van der Waals surface area contributed by atoms with Gasteiger partial charge in [-0.15, -0.1) is 0 Å². The molecule has 1 aliphatic rings. The van der Waals surface area contributed by atoms with Crippen molar-refractivity contribution < 1.29 is 13.2 Å². The molecule has 96 valence electrons. The summed E-state index contributed by atoms with van der Waals surface area (Å²) in [6, 6.07) is 0. The van der Waals surface area contributed by atoms with E-state index < -0.39 is 10.0 Å². The van der Waals surface area contributed by atoms with Crippen molar-refractivity contribution in [2.24, 2.45) is 5.14 Å². The number of nitrogens with zero attached hydrogens (tertiary/aromatic N) is 1. The molecule has 0 spiro atoms. The number of primary sulfonamides is 1. The molecule has 0 bridgehead atoms. The second kappa shape index (κ2) is 5.44. The quantitative estimate of drug-likeness (QED) is 0.754. The lowest BCUT2D eigenvalue weighted by Crippen LogP contribution is -2.47. The molecule has 0 aliphatic carbocycles. The Balaban J connectivity index is 2.33. The van der Waals surface area contributed by atoms with Crippen LogP contribution in [0.15, 0.2) is 0 Å². The van der Waals surface area contributed by atoms with Gasteiger partial charge in [-0.3, -0.25) is 0 Å². The number of methoxy groups -OCH3 is 1. The Morgan fingerprint density at radius 1 is 1.50 bits per heavy atom. The maximum Gasteiger partial charge on any atom is 0.209 e. The molecule has 1 aliphatic heterocycles. The van der Waals surface area contributed by atoms with Crippen molar-refractivity contribution in [1.82, 2.24) is 4.90 Å². The number of hydrogen-bond donors (Lipinski definition) is 1. The molecule has 0 aromatic rings. The highest BCUT2D eigenvalue weighted by Crippen LogP contribution is 2.23. The van der Waals surface area contributed by atoms with Gasteiger partial charge in [0, 0.05) is 13.7 Å². The molecule has 1 heterocycles. The van der Waals surface area contributed by atoms with Crippen molar-refractivity contribution >= 4 is 10.0 Å². The minimum absolute atomic E-state index is 0.0627. The third-order valence-electron chi connectivity index (χ3n) is 3.13. The lowest BCUT2D eigenvalue weighted by molar-refractivity contribution is -0.0504. The summed E-state index contributed by atoms with van der Waals surface area (Å²) >= 11 is 0. The van der Waals surface area contributed by atoms with Crippen LogP contribution >= 0.6 is 0 Å². The van der Waals surface area contributed by atoms with Gasteiger partial charge in [0.05, 0.1) is 11.4 Å². The molecule has 6 heteroatoms. The van der Waals surface area contributed by atoms with Crippen LogP contribution in [0.5, 0.6) is 0 Å². The molecule has 2 N–H and O–H groups in total. The molecule has 1 unspecified atom stereocenters. The molecule has 1 rings (SSSR count). The van der Waals surface area contributed by atoms with Crippen molar-refractivity contribution in [1.29, 1.82) is 0 Å². The molecule has 0 aromatic carbocycles. The third-order valence-corrected chi connectivity index (χ3v) is 3.99. The monoisotopic (exact) mass is 250 g/mol. The summed E-state index contributed by atoms with van der Waals surface area (Å²) in [6.07, 6.45) is 2.76.